The Morgan fingerprint density at radius 2 is 0.522 bits per heavy atom. The second-order valence-electron chi connectivity index (χ2n) is 22.9. The van der Waals surface area contributed by atoms with Crippen LogP contribution in [0.2, 0.25) is 0 Å². The van der Waals surface area contributed by atoms with Gasteiger partial charge in [0.15, 0.2) is 11.6 Å². The van der Waals surface area contributed by atoms with Crippen molar-refractivity contribution in [3.8, 4) is 34.1 Å². The van der Waals surface area contributed by atoms with Crippen LogP contribution in [-0.4, -0.2) is 28.2 Å². The van der Waals surface area contributed by atoms with E-state index in [-0.39, 0.29) is 0 Å². The molecule has 0 saturated heterocycles. The summed E-state index contributed by atoms with van der Waals surface area (Å²) < 4.78 is 9.84. The fourth-order valence-corrected chi connectivity index (χ4v) is 14.2. The lowest BCUT2D eigenvalue weighted by Gasteiger charge is -2.27. The largest absolute Gasteiger partial charge is 0.310 e. The van der Waals surface area contributed by atoms with E-state index in [1.807, 2.05) is 12.4 Å². The Morgan fingerprint density at radius 1 is 0.233 bits per heavy atom. The number of para-hydroxylation sites is 10. The minimum absolute atomic E-state index is 0.753. The highest BCUT2D eigenvalue weighted by molar-refractivity contribution is 6.16. The second kappa shape index (κ2) is 20.7. The number of fused-ring (bicyclic) bond motifs is 12. The molecule has 0 aliphatic carbocycles. The maximum absolute atomic E-state index is 6.53. The highest BCUT2D eigenvalue weighted by Crippen LogP contribution is 2.50. The molecule has 6 aromatic heterocycles. The number of nitrogens with zero attached hydrogens (tertiary/aromatic N) is 8. The number of anilines is 6. The first-order valence-corrected chi connectivity index (χ1v) is 30.6. The molecule has 0 amide bonds. The maximum Gasteiger partial charge on any atom is 0.165 e. The molecule has 18 aromatic rings. The normalized spacial score (nSPS) is 11.8. The van der Waals surface area contributed by atoms with Crippen LogP contribution in [0.3, 0.4) is 0 Å². The van der Waals surface area contributed by atoms with Crippen LogP contribution in [0.5, 0.6) is 0 Å². The Bertz CT molecular complexity index is 5270. The molecule has 8 nitrogen and oxygen atoms in total. The smallest absolute Gasteiger partial charge is 0.165 e. The van der Waals surface area contributed by atoms with Crippen molar-refractivity contribution in [3.05, 3.63) is 328 Å². The van der Waals surface area contributed by atoms with Crippen molar-refractivity contribution in [1.82, 2.24) is 28.2 Å². The lowest BCUT2D eigenvalue weighted by Crippen LogP contribution is -2.16. The summed E-state index contributed by atoms with van der Waals surface area (Å²) >= 11 is 0. The number of hydrogen-bond donors (Lipinski definition) is 0. The molecule has 18 rings (SSSR count). The van der Waals surface area contributed by atoms with Gasteiger partial charge in [0.25, 0.3) is 0 Å². The van der Waals surface area contributed by atoms with Crippen LogP contribution in [0.4, 0.5) is 34.1 Å². The van der Waals surface area contributed by atoms with Crippen molar-refractivity contribution in [1.29, 1.82) is 0 Å². The number of pyridine rings is 2. The maximum atomic E-state index is 6.53. The molecule has 0 bridgehead atoms. The van der Waals surface area contributed by atoms with E-state index in [4.69, 9.17) is 9.97 Å². The topological polar surface area (TPSA) is 52.0 Å². The average Bonchev–Trinajstić information content (AvgIpc) is 1.48. The summed E-state index contributed by atoms with van der Waals surface area (Å²) in [5.41, 5.74) is 18.4. The fourth-order valence-electron chi connectivity index (χ4n) is 14.2. The molecule has 8 heteroatoms. The van der Waals surface area contributed by atoms with Gasteiger partial charge in [-0.15, -0.1) is 0 Å². The van der Waals surface area contributed by atoms with Gasteiger partial charge in [-0.2, -0.15) is 0 Å². The van der Waals surface area contributed by atoms with Crippen LogP contribution in [0.1, 0.15) is 0 Å². The first kappa shape index (κ1) is 51.0. The van der Waals surface area contributed by atoms with E-state index in [0.29, 0.717) is 0 Å². The van der Waals surface area contributed by atoms with Crippen molar-refractivity contribution in [2.75, 3.05) is 9.80 Å². The monoisotopic (exact) mass is 1150 g/mol. The van der Waals surface area contributed by atoms with Gasteiger partial charge in [-0.05, 0) is 127 Å². The molecule has 0 unspecified atom stereocenters. The van der Waals surface area contributed by atoms with Crippen molar-refractivity contribution >= 4 is 121 Å². The van der Waals surface area contributed by atoms with Gasteiger partial charge in [-0.1, -0.05) is 188 Å². The number of hydrogen-bond acceptors (Lipinski definition) is 4. The van der Waals surface area contributed by atoms with E-state index >= 15 is 0 Å². The summed E-state index contributed by atoms with van der Waals surface area (Å²) in [4.78, 5) is 16.3. The number of rotatable bonds is 11. The Balaban J connectivity index is 1.05. The van der Waals surface area contributed by atoms with E-state index in [2.05, 4.69) is 344 Å². The van der Waals surface area contributed by atoms with Gasteiger partial charge in [0, 0.05) is 101 Å². The SMILES string of the molecule is c1ccc(N(c2ccccc2)c2ccc3c(c2)c2ccccc2n3-c2nc(-n3c4ccccc4c4cc(N(c5ccccc5)c5ccccc5)ccc43)c(-n3c4ccccc4c4ccccc43)c(-c3cccnc3)c2-n2c3ccccc3c3ccccc32)cc1. The van der Waals surface area contributed by atoms with Gasteiger partial charge in [-0.25, -0.2) is 4.98 Å². The summed E-state index contributed by atoms with van der Waals surface area (Å²) in [6.45, 7) is 0. The van der Waals surface area contributed by atoms with Crippen LogP contribution in [0.15, 0.2) is 328 Å². The van der Waals surface area contributed by atoms with Crippen molar-refractivity contribution < 1.29 is 0 Å². The zero-order valence-electron chi connectivity index (χ0n) is 48.8. The van der Waals surface area contributed by atoms with E-state index in [9.17, 15) is 0 Å². The zero-order valence-corrected chi connectivity index (χ0v) is 48.8. The third-order valence-electron chi connectivity index (χ3n) is 18.0. The quantitative estimate of drug-likeness (QED) is 0.130. The minimum atomic E-state index is 0.753. The summed E-state index contributed by atoms with van der Waals surface area (Å²) in [7, 11) is 0. The van der Waals surface area contributed by atoms with Crippen LogP contribution in [-0.2, 0) is 0 Å². The molecule has 12 aromatic carbocycles. The van der Waals surface area contributed by atoms with Crippen molar-refractivity contribution in [2.45, 2.75) is 0 Å². The molecule has 0 atom stereocenters. The molecule has 0 aliphatic rings. The van der Waals surface area contributed by atoms with Crippen LogP contribution in [0.25, 0.3) is 121 Å². The number of aromatic nitrogens is 6. The van der Waals surface area contributed by atoms with Crippen LogP contribution in [0, 0.1) is 0 Å². The molecule has 0 fully saturated rings. The molecular weight excluding hydrogens is 1100 g/mol. The average molecular weight is 1150 g/mol. The molecule has 0 N–H and O–H groups in total. The predicted octanol–water partition coefficient (Wildman–Crippen LogP) is 21.5. The second-order valence-corrected chi connectivity index (χ2v) is 22.9. The van der Waals surface area contributed by atoms with Crippen molar-refractivity contribution in [3.63, 3.8) is 0 Å². The standard InChI is InChI=1S/C82H54N8/c1-5-27-56(28-6-1)85(57-29-7-2-8-30-57)60-47-49-76-68(52-60)66-39-17-23-45-74(66)89(76)81-79(87-70-41-19-13-35-62(70)63-36-14-20-42-71(63)87)78(55-26-25-51-83-54-55)80(88-72-43-21-15-37-64(72)65-38-16-22-44-73(65)88)82(84-81)90-75-46-24-18-40-67(75)69-53-61(48-50-77(69)90)86(58-31-9-3-10-32-58)59-33-11-4-12-34-59/h1-54H. The molecule has 6 heterocycles. The molecule has 0 spiro atoms. The first-order chi connectivity index (χ1) is 44.7. The predicted molar refractivity (Wildman–Crippen MR) is 374 cm³/mol. The zero-order chi connectivity index (χ0) is 59.2. The van der Waals surface area contributed by atoms with Gasteiger partial charge < -0.3 is 18.9 Å². The minimum Gasteiger partial charge on any atom is -0.310 e. The lowest BCUT2D eigenvalue weighted by molar-refractivity contribution is 0.960. The highest BCUT2D eigenvalue weighted by atomic mass is 15.2. The molecule has 0 radical (unpaired) electrons. The molecule has 0 aliphatic heterocycles. The third-order valence-corrected chi connectivity index (χ3v) is 18.0. The Morgan fingerprint density at radius 3 is 0.844 bits per heavy atom. The molecule has 0 saturated carbocycles. The summed E-state index contributed by atoms with van der Waals surface area (Å²) in [5.74, 6) is 1.51. The van der Waals surface area contributed by atoms with Gasteiger partial charge in [0.2, 0.25) is 0 Å². The lowest BCUT2D eigenvalue weighted by atomic mass is 10.0. The van der Waals surface area contributed by atoms with Gasteiger partial charge in [0.05, 0.1) is 44.1 Å². The van der Waals surface area contributed by atoms with E-state index in [1.54, 1.807) is 0 Å². The summed E-state index contributed by atoms with van der Waals surface area (Å²) in [6.07, 6.45) is 3.92. The van der Waals surface area contributed by atoms with E-state index in [0.717, 1.165) is 155 Å². The van der Waals surface area contributed by atoms with E-state index in [1.165, 1.54) is 0 Å². The van der Waals surface area contributed by atoms with Gasteiger partial charge in [-0.3, -0.25) is 14.1 Å². The molecule has 90 heavy (non-hydrogen) atoms. The van der Waals surface area contributed by atoms with Crippen LogP contribution < -0.4 is 9.80 Å². The Labute approximate surface area is 518 Å². The van der Waals surface area contributed by atoms with Crippen LogP contribution >= 0.6 is 0 Å². The summed E-state index contributed by atoms with van der Waals surface area (Å²) in [5, 5.41) is 8.97. The Kier molecular flexibility index (Phi) is 11.7. The van der Waals surface area contributed by atoms with Crippen molar-refractivity contribution in [2.24, 2.45) is 0 Å². The van der Waals surface area contributed by atoms with Gasteiger partial charge >= 0.3 is 0 Å². The summed E-state index contributed by atoms with van der Waals surface area (Å²) in [6, 6.07) is 114. The highest BCUT2D eigenvalue weighted by Gasteiger charge is 2.33. The van der Waals surface area contributed by atoms with Gasteiger partial charge in [0.1, 0.15) is 11.4 Å². The molecule has 422 valence electrons. The Hall–Kier alpha value is -12.3. The number of benzene rings is 12. The molecular formula is C82H54N8. The fraction of sp³-hybridized carbons (Fsp3) is 0. The first-order valence-electron chi connectivity index (χ1n) is 30.6. The van der Waals surface area contributed by atoms with E-state index < -0.39 is 0 Å². The third kappa shape index (κ3) is 7.88.